The molecule has 0 bridgehead atoms. The highest BCUT2D eigenvalue weighted by Gasteiger charge is 2.12. The van der Waals surface area contributed by atoms with Crippen LogP contribution in [0.3, 0.4) is 0 Å². The lowest BCUT2D eigenvalue weighted by molar-refractivity contribution is -0.121. The van der Waals surface area contributed by atoms with E-state index < -0.39 is 0 Å². The van der Waals surface area contributed by atoms with Crippen LogP contribution in [0.1, 0.15) is 18.1 Å². The third kappa shape index (κ3) is 4.66. The minimum absolute atomic E-state index is 0.136. The number of aryl methyl sites for hydroxylation is 1. The number of hydrogen-bond acceptors (Lipinski definition) is 8. The predicted molar refractivity (Wildman–Crippen MR) is 106 cm³/mol. The molecule has 0 aliphatic rings. The standard InChI is InChI=1S/C19H18N6O3S/c1-27-14-4-2-12(3-5-14)18-21-15(22-24-18)10-20-16(26)6-7-17-23-25-19(28-17)13-8-9-29-11-13/h2-5,8-9,11H,6-7,10H2,1H3,(H,20,26)(H,21,22,24). The molecule has 0 saturated carbocycles. The van der Waals surface area contributed by atoms with Crippen molar-refractivity contribution in [2.45, 2.75) is 19.4 Å². The van der Waals surface area contributed by atoms with Gasteiger partial charge in [-0.15, -0.1) is 10.2 Å². The van der Waals surface area contributed by atoms with E-state index in [1.54, 1.807) is 18.4 Å². The van der Waals surface area contributed by atoms with E-state index in [9.17, 15) is 4.79 Å². The van der Waals surface area contributed by atoms with Crippen molar-refractivity contribution in [3.8, 4) is 28.6 Å². The molecule has 1 amide bonds. The van der Waals surface area contributed by atoms with E-state index in [0.717, 1.165) is 16.9 Å². The van der Waals surface area contributed by atoms with Crippen molar-refractivity contribution in [2.24, 2.45) is 0 Å². The van der Waals surface area contributed by atoms with E-state index in [2.05, 4.69) is 30.7 Å². The largest absolute Gasteiger partial charge is 0.497 e. The number of rotatable bonds is 8. The Morgan fingerprint density at radius 3 is 2.83 bits per heavy atom. The molecule has 4 rings (SSSR count). The second-order valence-electron chi connectivity index (χ2n) is 6.12. The lowest BCUT2D eigenvalue weighted by Gasteiger charge is -2.01. The maximum Gasteiger partial charge on any atom is 0.248 e. The number of aromatic nitrogens is 5. The van der Waals surface area contributed by atoms with Crippen LogP contribution >= 0.6 is 11.3 Å². The van der Waals surface area contributed by atoms with Gasteiger partial charge in [-0.3, -0.25) is 9.89 Å². The minimum atomic E-state index is -0.136. The fourth-order valence-corrected chi connectivity index (χ4v) is 3.22. The van der Waals surface area contributed by atoms with Crippen molar-refractivity contribution in [3.05, 3.63) is 52.8 Å². The number of methoxy groups -OCH3 is 1. The first-order valence-corrected chi connectivity index (χ1v) is 9.83. The average Bonchev–Trinajstić information content (AvgIpc) is 3.52. The highest BCUT2D eigenvalue weighted by Crippen LogP contribution is 2.21. The summed E-state index contributed by atoms with van der Waals surface area (Å²) in [7, 11) is 1.61. The number of nitrogens with one attached hydrogen (secondary N) is 2. The molecule has 0 spiro atoms. The molecule has 0 unspecified atom stereocenters. The molecule has 0 atom stereocenters. The summed E-state index contributed by atoms with van der Waals surface area (Å²) in [5, 5.41) is 21.7. The molecule has 2 N–H and O–H groups in total. The summed E-state index contributed by atoms with van der Waals surface area (Å²) in [4.78, 5) is 16.5. The molecular formula is C19H18N6O3S. The van der Waals surface area contributed by atoms with Crippen molar-refractivity contribution in [1.29, 1.82) is 0 Å². The zero-order valence-corrected chi connectivity index (χ0v) is 16.4. The van der Waals surface area contributed by atoms with Gasteiger partial charge in [0.15, 0.2) is 5.82 Å². The van der Waals surface area contributed by atoms with Crippen LogP contribution < -0.4 is 10.1 Å². The van der Waals surface area contributed by atoms with E-state index in [1.165, 1.54) is 0 Å². The zero-order valence-electron chi connectivity index (χ0n) is 15.6. The lowest BCUT2D eigenvalue weighted by Crippen LogP contribution is -2.23. The van der Waals surface area contributed by atoms with Crippen molar-refractivity contribution in [2.75, 3.05) is 7.11 Å². The first kappa shape index (κ1) is 18.8. The smallest absolute Gasteiger partial charge is 0.248 e. The Morgan fingerprint density at radius 1 is 1.21 bits per heavy atom. The topological polar surface area (TPSA) is 119 Å². The highest BCUT2D eigenvalue weighted by atomic mass is 32.1. The predicted octanol–water partition coefficient (Wildman–Crippen LogP) is 2.84. The lowest BCUT2D eigenvalue weighted by atomic mass is 10.2. The molecule has 9 nitrogen and oxygen atoms in total. The molecule has 10 heteroatoms. The van der Waals surface area contributed by atoms with E-state index in [1.807, 2.05) is 41.1 Å². The zero-order chi connectivity index (χ0) is 20.1. The molecule has 1 aromatic carbocycles. The molecule has 0 fully saturated rings. The number of ether oxygens (including phenoxy) is 1. The molecule has 148 valence electrons. The van der Waals surface area contributed by atoms with Crippen molar-refractivity contribution in [1.82, 2.24) is 30.7 Å². The fourth-order valence-electron chi connectivity index (χ4n) is 2.59. The number of carbonyl (C=O) groups excluding carboxylic acids is 1. The Morgan fingerprint density at radius 2 is 2.07 bits per heavy atom. The number of thiophene rings is 1. The van der Waals surface area contributed by atoms with Crippen LogP contribution in [-0.4, -0.2) is 38.4 Å². The van der Waals surface area contributed by atoms with Crippen LogP contribution in [0.15, 0.2) is 45.5 Å². The third-order valence-electron chi connectivity index (χ3n) is 4.13. The van der Waals surface area contributed by atoms with E-state index in [0.29, 0.717) is 29.9 Å². The first-order chi connectivity index (χ1) is 14.2. The monoisotopic (exact) mass is 410 g/mol. The van der Waals surface area contributed by atoms with Gasteiger partial charge in [0.25, 0.3) is 0 Å². The third-order valence-corrected chi connectivity index (χ3v) is 4.82. The van der Waals surface area contributed by atoms with Crippen molar-refractivity contribution < 1.29 is 13.9 Å². The number of hydrogen-bond donors (Lipinski definition) is 2. The van der Waals surface area contributed by atoms with Gasteiger partial charge in [0.1, 0.15) is 11.6 Å². The summed E-state index contributed by atoms with van der Waals surface area (Å²) in [5.74, 6) is 2.66. The fraction of sp³-hybridized carbons (Fsp3) is 0.211. The van der Waals surface area contributed by atoms with E-state index in [4.69, 9.17) is 9.15 Å². The molecule has 3 heterocycles. The van der Waals surface area contributed by atoms with Crippen LogP contribution in [0.4, 0.5) is 0 Å². The van der Waals surface area contributed by atoms with Gasteiger partial charge in [0, 0.05) is 29.3 Å². The summed E-state index contributed by atoms with van der Waals surface area (Å²) < 4.78 is 10.7. The first-order valence-electron chi connectivity index (χ1n) is 8.88. The van der Waals surface area contributed by atoms with Gasteiger partial charge in [0.2, 0.25) is 17.7 Å². The number of nitrogens with zero attached hydrogens (tertiary/aromatic N) is 4. The summed E-state index contributed by atoms with van der Waals surface area (Å²) >= 11 is 1.56. The molecule has 0 aliphatic carbocycles. The van der Waals surface area contributed by atoms with Crippen LogP contribution in [0.25, 0.3) is 22.8 Å². The van der Waals surface area contributed by atoms with Crippen LogP contribution in [0.2, 0.25) is 0 Å². The van der Waals surface area contributed by atoms with Gasteiger partial charge in [-0.05, 0) is 35.7 Å². The van der Waals surface area contributed by atoms with Crippen LogP contribution in [0.5, 0.6) is 5.75 Å². The van der Waals surface area contributed by atoms with E-state index >= 15 is 0 Å². The Hall–Kier alpha value is -3.53. The summed E-state index contributed by atoms with van der Waals surface area (Å²) in [6.07, 6.45) is 0.612. The Bertz CT molecular complexity index is 1070. The molecule has 4 aromatic rings. The summed E-state index contributed by atoms with van der Waals surface area (Å²) in [6, 6.07) is 9.34. The maximum absolute atomic E-state index is 12.1. The molecule has 0 radical (unpaired) electrons. The molecule has 0 aliphatic heterocycles. The average molecular weight is 410 g/mol. The number of H-pyrrole nitrogens is 1. The Kier molecular flexibility index (Phi) is 5.61. The minimum Gasteiger partial charge on any atom is -0.497 e. The molecular weight excluding hydrogens is 392 g/mol. The number of aromatic amines is 1. The summed E-state index contributed by atoms with van der Waals surface area (Å²) in [5.41, 5.74) is 1.74. The van der Waals surface area contributed by atoms with Gasteiger partial charge < -0.3 is 14.5 Å². The van der Waals surface area contributed by atoms with Crippen molar-refractivity contribution >= 4 is 17.2 Å². The quantitative estimate of drug-likeness (QED) is 0.458. The van der Waals surface area contributed by atoms with Gasteiger partial charge >= 0.3 is 0 Å². The number of amides is 1. The molecule has 3 aromatic heterocycles. The van der Waals surface area contributed by atoms with Crippen LogP contribution in [0, 0.1) is 0 Å². The van der Waals surface area contributed by atoms with Gasteiger partial charge in [0.05, 0.1) is 13.7 Å². The molecule has 0 saturated heterocycles. The van der Waals surface area contributed by atoms with Gasteiger partial charge in [-0.25, -0.2) is 4.98 Å². The Labute approximate surface area is 170 Å². The highest BCUT2D eigenvalue weighted by molar-refractivity contribution is 7.08. The van der Waals surface area contributed by atoms with Gasteiger partial charge in [-0.2, -0.15) is 16.4 Å². The second kappa shape index (κ2) is 8.65. The summed E-state index contributed by atoms with van der Waals surface area (Å²) in [6.45, 7) is 0.256. The van der Waals surface area contributed by atoms with Crippen LogP contribution in [-0.2, 0) is 17.8 Å². The number of benzene rings is 1. The normalized spacial score (nSPS) is 10.8. The Balaban J connectivity index is 1.26. The van der Waals surface area contributed by atoms with Gasteiger partial charge in [-0.1, -0.05) is 0 Å². The molecule has 29 heavy (non-hydrogen) atoms. The SMILES string of the molecule is COc1ccc(-c2n[nH]c(CNC(=O)CCc3nnc(-c4ccsc4)o3)n2)cc1. The second-order valence-corrected chi connectivity index (χ2v) is 6.90. The van der Waals surface area contributed by atoms with E-state index in [-0.39, 0.29) is 18.9 Å². The van der Waals surface area contributed by atoms with Crippen molar-refractivity contribution in [3.63, 3.8) is 0 Å². The number of carbonyl (C=O) groups is 1. The maximum atomic E-state index is 12.1.